The first kappa shape index (κ1) is 10.0. The highest BCUT2D eigenvalue weighted by Gasteiger charge is 2.17. The quantitative estimate of drug-likeness (QED) is 0.760. The molecule has 0 aliphatic carbocycles. The number of piperidine rings is 1. The Morgan fingerprint density at radius 1 is 1.20 bits per heavy atom. The fourth-order valence-electron chi connectivity index (χ4n) is 1.92. The van der Waals surface area contributed by atoms with Crippen LogP contribution in [0.1, 0.15) is 12.8 Å². The van der Waals surface area contributed by atoms with Crippen molar-refractivity contribution in [3.05, 3.63) is 30.3 Å². The van der Waals surface area contributed by atoms with E-state index in [2.05, 4.69) is 17.4 Å². The third-order valence-electron chi connectivity index (χ3n) is 2.82. The smallest absolute Gasteiger partial charge is 0.209 e. The van der Waals surface area contributed by atoms with Crippen LogP contribution in [0.3, 0.4) is 0 Å². The van der Waals surface area contributed by atoms with Gasteiger partial charge in [0, 0.05) is 24.8 Å². The zero-order chi connectivity index (χ0) is 10.5. The van der Waals surface area contributed by atoms with Crippen LogP contribution in [0.2, 0.25) is 0 Å². The van der Waals surface area contributed by atoms with Gasteiger partial charge in [-0.05, 0) is 25.0 Å². The molecule has 0 atom stereocenters. The highest BCUT2D eigenvalue weighted by Crippen LogP contribution is 2.15. The third-order valence-corrected chi connectivity index (χ3v) is 2.82. The van der Waals surface area contributed by atoms with Crippen LogP contribution >= 0.6 is 0 Å². The van der Waals surface area contributed by atoms with E-state index in [4.69, 9.17) is 0 Å². The summed E-state index contributed by atoms with van der Waals surface area (Å²) in [7, 11) is 0. The van der Waals surface area contributed by atoms with E-state index >= 15 is 0 Å². The molecule has 1 aliphatic rings. The van der Waals surface area contributed by atoms with Gasteiger partial charge in [0.2, 0.25) is 6.41 Å². The number of anilines is 1. The van der Waals surface area contributed by atoms with Crippen LogP contribution in [-0.2, 0) is 4.79 Å². The summed E-state index contributed by atoms with van der Waals surface area (Å²) in [6.07, 6.45) is 3.01. The Morgan fingerprint density at radius 2 is 1.87 bits per heavy atom. The van der Waals surface area contributed by atoms with Crippen LogP contribution in [0.25, 0.3) is 0 Å². The molecule has 1 aromatic carbocycles. The fraction of sp³-hybridized carbons (Fsp3) is 0.417. The number of benzene rings is 1. The summed E-state index contributed by atoms with van der Waals surface area (Å²) in [4.78, 5) is 12.4. The number of rotatable bonds is 3. The Morgan fingerprint density at radius 3 is 2.47 bits per heavy atom. The molecule has 1 fully saturated rings. The minimum atomic E-state index is 0.503. The van der Waals surface area contributed by atoms with Gasteiger partial charge < -0.3 is 10.2 Å². The molecular weight excluding hydrogens is 188 g/mol. The van der Waals surface area contributed by atoms with Gasteiger partial charge in [0.05, 0.1) is 0 Å². The molecule has 0 bridgehead atoms. The van der Waals surface area contributed by atoms with Gasteiger partial charge in [0.15, 0.2) is 0 Å². The lowest BCUT2D eigenvalue weighted by atomic mass is 10.1. The monoisotopic (exact) mass is 204 g/mol. The molecule has 1 aliphatic heterocycles. The Bertz CT molecular complexity index is 305. The average molecular weight is 204 g/mol. The molecule has 15 heavy (non-hydrogen) atoms. The number of nitrogens with one attached hydrogen (secondary N) is 1. The summed E-state index contributed by atoms with van der Waals surface area (Å²) >= 11 is 0. The molecule has 1 amide bonds. The van der Waals surface area contributed by atoms with Crippen molar-refractivity contribution in [2.24, 2.45) is 0 Å². The molecule has 1 N–H and O–H groups in total. The standard InChI is InChI=1S/C12H16N2O/c15-10-14-8-6-12(7-9-14)13-11-4-2-1-3-5-11/h1-5,10,12-13H,6-9H2. The van der Waals surface area contributed by atoms with Crippen LogP contribution in [0, 0.1) is 0 Å². The fourth-order valence-corrected chi connectivity index (χ4v) is 1.92. The summed E-state index contributed by atoms with van der Waals surface area (Å²) < 4.78 is 0. The molecule has 1 saturated heterocycles. The largest absolute Gasteiger partial charge is 0.382 e. The molecule has 0 aromatic heterocycles. The molecule has 3 nitrogen and oxygen atoms in total. The maximum atomic E-state index is 10.5. The minimum Gasteiger partial charge on any atom is -0.382 e. The van der Waals surface area contributed by atoms with Gasteiger partial charge in [-0.15, -0.1) is 0 Å². The first-order valence-corrected chi connectivity index (χ1v) is 5.39. The number of amides is 1. The van der Waals surface area contributed by atoms with Crippen molar-refractivity contribution in [3.63, 3.8) is 0 Å². The van der Waals surface area contributed by atoms with Crippen molar-refractivity contribution < 1.29 is 4.79 Å². The molecule has 80 valence electrons. The van der Waals surface area contributed by atoms with Crippen molar-refractivity contribution in [2.45, 2.75) is 18.9 Å². The normalized spacial score (nSPS) is 17.5. The summed E-state index contributed by atoms with van der Waals surface area (Å²) in [6.45, 7) is 1.74. The topological polar surface area (TPSA) is 32.3 Å². The first-order chi connectivity index (χ1) is 7.38. The van der Waals surface area contributed by atoms with E-state index in [0.717, 1.165) is 32.3 Å². The second kappa shape index (κ2) is 4.82. The van der Waals surface area contributed by atoms with Crippen LogP contribution in [-0.4, -0.2) is 30.4 Å². The van der Waals surface area contributed by atoms with E-state index in [9.17, 15) is 4.79 Å². The molecule has 0 saturated carbocycles. The lowest BCUT2D eigenvalue weighted by molar-refractivity contribution is -0.118. The van der Waals surface area contributed by atoms with E-state index in [-0.39, 0.29) is 0 Å². The minimum absolute atomic E-state index is 0.503. The van der Waals surface area contributed by atoms with Gasteiger partial charge in [0.25, 0.3) is 0 Å². The second-order valence-electron chi connectivity index (χ2n) is 3.93. The summed E-state index contributed by atoms with van der Waals surface area (Å²) in [5, 5.41) is 3.48. The zero-order valence-corrected chi connectivity index (χ0v) is 8.73. The average Bonchev–Trinajstić information content (AvgIpc) is 2.31. The van der Waals surface area contributed by atoms with Crippen molar-refractivity contribution in [3.8, 4) is 0 Å². The van der Waals surface area contributed by atoms with Gasteiger partial charge in [-0.25, -0.2) is 0 Å². The van der Waals surface area contributed by atoms with E-state index in [1.54, 1.807) is 0 Å². The van der Waals surface area contributed by atoms with Gasteiger partial charge in [-0.1, -0.05) is 18.2 Å². The first-order valence-electron chi connectivity index (χ1n) is 5.39. The van der Waals surface area contributed by atoms with Crippen molar-refractivity contribution >= 4 is 12.1 Å². The number of para-hydroxylation sites is 1. The van der Waals surface area contributed by atoms with Gasteiger partial charge in [-0.3, -0.25) is 4.79 Å². The Balaban J connectivity index is 1.85. The highest BCUT2D eigenvalue weighted by molar-refractivity contribution is 5.48. The van der Waals surface area contributed by atoms with Crippen molar-refractivity contribution in [2.75, 3.05) is 18.4 Å². The van der Waals surface area contributed by atoms with Crippen LogP contribution in [0.15, 0.2) is 30.3 Å². The molecule has 0 radical (unpaired) electrons. The van der Waals surface area contributed by atoms with Crippen LogP contribution in [0.4, 0.5) is 5.69 Å². The number of carbonyl (C=O) groups is 1. The van der Waals surface area contributed by atoms with Gasteiger partial charge in [-0.2, -0.15) is 0 Å². The number of hydrogen-bond donors (Lipinski definition) is 1. The van der Waals surface area contributed by atoms with Crippen molar-refractivity contribution in [1.29, 1.82) is 0 Å². The number of hydrogen-bond acceptors (Lipinski definition) is 2. The molecule has 0 unspecified atom stereocenters. The van der Waals surface area contributed by atoms with E-state index < -0.39 is 0 Å². The van der Waals surface area contributed by atoms with Crippen LogP contribution in [0.5, 0.6) is 0 Å². The third kappa shape index (κ3) is 2.72. The Kier molecular flexibility index (Phi) is 3.22. The maximum Gasteiger partial charge on any atom is 0.209 e. The summed E-state index contributed by atoms with van der Waals surface area (Å²) in [6, 6.07) is 10.7. The molecular formula is C12H16N2O. The zero-order valence-electron chi connectivity index (χ0n) is 8.73. The predicted molar refractivity (Wildman–Crippen MR) is 60.7 cm³/mol. The highest BCUT2D eigenvalue weighted by atomic mass is 16.1. The van der Waals surface area contributed by atoms with E-state index in [1.165, 1.54) is 5.69 Å². The molecule has 1 heterocycles. The van der Waals surface area contributed by atoms with Gasteiger partial charge in [0.1, 0.15) is 0 Å². The number of nitrogens with zero attached hydrogens (tertiary/aromatic N) is 1. The van der Waals surface area contributed by atoms with E-state index in [0.29, 0.717) is 6.04 Å². The lowest BCUT2D eigenvalue weighted by Gasteiger charge is -2.30. The lowest BCUT2D eigenvalue weighted by Crippen LogP contribution is -2.38. The maximum absolute atomic E-state index is 10.5. The number of likely N-dealkylation sites (tertiary alicyclic amines) is 1. The van der Waals surface area contributed by atoms with Crippen LogP contribution < -0.4 is 5.32 Å². The summed E-state index contributed by atoms with van der Waals surface area (Å²) in [5.41, 5.74) is 1.17. The molecule has 3 heteroatoms. The van der Waals surface area contributed by atoms with Gasteiger partial charge >= 0.3 is 0 Å². The molecule has 0 spiro atoms. The second-order valence-corrected chi connectivity index (χ2v) is 3.93. The van der Waals surface area contributed by atoms with E-state index in [1.807, 2.05) is 23.1 Å². The van der Waals surface area contributed by atoms with Crippen molar-refractivity contribution in [1.82, 2.24) is 4.90 Å². The molecule has 1 aromatic rings. The molecule has 2 rings (SSSR count). The predicted octanol–water partition coefficient (Wildman–Crippen LogP) is 1.72. The Hall–Kier alpha value is -1.51. The Labute approximate surface area is 90.1 Å². The number of carbonyl (C=O) groups excluding carboxylic acids is 1. The SMILES string of the molecule is O=CN1CCC(Nc2ccccc2)CC1. The summed E-state index contributed by atoms with van der Waals surface area (Å²) in [5.74, 6) is 0.